The Labute approximate surface area is 425 Å². The van der Waals surface area contributed by atoms with E-state index in [1.807, 2.05) is 48.5 Å². The summed E-state index contributed by atoms with van der Waals surface area (Å²) >= 11 is 6.28. The minimum atomic E-state index is -0.674. The van der Waals surface area contributed by atoms with Crippen LogP contribution in [0.3, 0.4) is 0 Å². The van der Waals surface area contributed by atoms with Crippen LogP contribution in [0, 0.1) is 11.8 Å². The molecule has 0 radical (unpaired) electrons. The molecule has 370 valence electrons. The zero-order valence-corrected chi connectivity index (χ0v) is 42.4. The summed E-state index contributed by atoms with van der Waals surface area (Å²) in [6.07, 6.45) is 20.4. The molecular formula is C62H69ClN2O6. The van der Waals surface area contributed by atoms with E-state index in [9.17, 15) is 10.2 Å². The van der Waals surface area contributed by atoms with Crippen LogP contribution in [0.2, 0.25) is 5.02 Å². The summed E-state index contributed by atoms with van der Waals surface area (Å²) in [4.78, 5) is 30.6. The SMILES string of the molecule is CCCCc1ccc(Nc2cc(Oc3ccc(C4CCC(CCCC)CC4)cc3)c(O)c3c2C(=O)c2c(O)c(Oc4ccc(C5CCC(CCCC)CC5)cc4)cc(Nc4ccc(Cl)cc4)c2C3=O)cc1. The number of phenols is 2. The Balaban J connectivity index is 1.07. The molecule has 9 heteroatoms. The second kappa shape index (κ2) is 22.9. The van der Waals surface area contributed by atoms with Gasteiger partial charge in [0.2, 0.25) is 11.6 Å². The van der Waals surface area contributed by atoms with Gasteiger partial charge in [0, 0.05) is 28.5 Å². The average Bonchev–Trinajstić information content (AvgIpc) is 3.39. The van der Waals surface area contributed by atoms with Crippen LogP contribution in [0.25, 0.3) is 0 Å². The van der Waals surface area contributed by atoms with E-state index in [0.717, 1.165) is 56.8 Å². The van der Waals surface area contributed by atoms with E-state index in [0.29, 0.717) is 39.7 Å². The molecule has 8 nitrogen and oxygen atoms in total. The number of carbonyl (C=O) groups is 2. The fourth-order valence-corrected chi connectivity index (χ4v) is 11.3. The first kappa shape index (κ1) is 49.7. The Morgan fingerprint density at radius 1 is 0.507 bits per heavy atom. The van der Waals surface area contributed by atoms with Gasteiger partial charge in [-0.1, -0.05) is 114 Å². The monoisotopic (exact) mass is 972 g/mol. The topological polar surface area (TPSA) is 117 Å². The van der Waals surface area contributed by atoms with E-state index in [1.54, 1.807) is 30.3 Å². The van der Waals surface area contributed by atoms with E-state index in [1.165, 1.54) is 87.0 Å². The number of fused-ring (bicyclic) bond motifs is 2. The molecule has 0 atom stereocenters. The molecule has 3 aliphatic rings. The maximum absolute atomic E-state index is 15.3. The molecule has 4 N–H and O–H groups in total. The van der Waals surface area contributed by atoms with Crippen molar-refractivity contribution in [2.24, 2.45) is 11.8 Å². The first-order valence-electron chi connectivity index (χ1n) is 26.4. The Morgan fingerprint density at radius 2 is 0.901 bits per heavy atom. The normalized spacial score (nSPS) is 18.6. The van der Waals surface area contributed by atoms with Gasteiger partial charge in [-0.2, -0.15) is 0 Å². The van der Waals surface area contributed by atoms with Gasteiger partial charge in [-0.3, -0.25) is 9.59 Å². The van der Waals surface area contributed by atoms with Gasteiger partial charge >= 0.3 is 0 Å². The van der Waals surface area contributed by atoms with Crippen LogP contribution < -0.4 is 20.1 Å². The molecule has 0 spiro atoms. The molecule has 0 bridgehead atoms. The molecule has 71 heavy (non-hydrogen) atoms. The molecule has 6 aromatic carbocycles. The van der Waals surface area contributed by atoms with Crippen molar-refractivity contribution in [2.45, 2.75) is 142 Å². The number of hydrogen-bond acceptors (Lipinski definition) is 8. The summed E-state index contributed by atoms with van der Waals surface area (Å²) in [5.74, 6) is 1.23. The predicted molar refractivity (Wildman–Crippen MR) is 288 cm³/mol. The van der Waals surface area contributed by atoms with E-state index in [4.69, 9.17) is 21.1 Å². The Hall–Kier alpha value is -6.25. The number of benzene rings is 6. The maximum atomic E-state index is 15.3. The third-order valence-electron chi connectivity index (χ3n) is 15.4. The minimum absolute atomic E-state index is 0.00367. The van der Waals surface area contributed by atoms with Gasteiger partial charge in [-0.05, 0) is 165 Å². The van der Waals surface area contributed by atoms with Gasteiger partial charge in [0.05, 0.1) is 33.6 Å². The molecule has 3 aliphatic carbocycles. The number of rotatable bonds is 19. The zero-order chi connectivity index (χ0) is 49.4. The highest BCUT2D eigenvalue weighted by atomic mass is 35.5. The summed E-state index contributed by atoms with van der Waals surface area (Å²) < 4.78 is 12.9. The van der Waals surface area contributed by atoms with Crippen LogP contribution in [0.1, 0.15) is 184 Å². The van der Waals surface area contributed by atoms with Crippen molar-refractivity contribution in [1.82, 2.24) is 0 Å². The zero-order valence-electron chi connectivity index (χ0n) is 41.6. The minimum Gasteiger partial charge on any atom is -0.504 e. The number of unbranched alkanes of at least 4 members (excludes halogenated alkanes) is 3. The Kier molecular flexibility index (Phi) is 16.0. The molecule has 0 amide bonds. The van der Waals surface area contributed by atoms with E-state index >= 15 is 9.59 Å². The standard InChI is InChI=1S/C62H69ClN2O6/c1-4-7-10-39-13-19-42(20-14-39)44-23-33-49(34-24-44)70-53-37-51(64-47-29-17-41(18-30-47)12-9-6-3)55-57(59(53)66)62(69)56-52(65-48-31-27-46(63)28-32-48)38-54(60(67)58(56)61(55)68)71-50-35-25-45(26-36-50)43-21-15-40(16-22-43)11-8-5-2/h17-18,23-40,42-43,64-67H,4-16,19-22H2,1-3H3. The number of ether oxygens (including phenoxy) is 2. The summed E-state index contributed by atoms with van der Waals surface area (Å²) in [5, 5.41) is 31.6. The van der Waals surface area contributed by atoms with E-state index < -0.39 is 23.1 Å². The molecule has 6 aromatic rings. The lowest BCUT2D eigenvalue weighted by Gasteiger charge is -2.29. The van der Waals surface area contributed by atoms with Crippen LogP contribution in [-0.4, -0.2) is 21.8 Å². The predicted octanol–water partition coefficient (Wildman–Crippen LogP) is 17.9. The number of anilines is 4. The largest absolute Gasteiger partial charge is 0.504 e. The molecule has 0 saturated heterocycles. The van der Waals surface area contributed by atoms with Crippen LogP contribution in [0.15, 0.2) is 109 Å². The molecule has 0 unspecified atom stereocenters. The number of halogens is 1. The van der Waals surface area contributed by atoms with Gasteiger partial charge in [0.25, 0.3) is 0 Å². The average molecular weight is 974 g/mol. The van der Waals surface area contributed by atoms with Crippen molar-refractivity contribution >= 4 is 45.9 Å². The van der Waals surface area contributed by atoms with E-state index in [2.05, 4.69) is 55.7 Å². The lowest BCUT2D eigenvalue weighted by molar-refractivity contribution is 0.0974. The number of carbonyl (C=O) groups excluding carboxylic acids is 2. The van der Waals surface area contributed by atoms with Crippen molar-refractivity contribution in [3.8, 4) is 34.5 Å². The van der Waals surface area contributed by atoms with Gasteiger partial charge in [-0.25, -0.2) is 0 Å². The number of hydrogen-bond donors (Lipinski definition) is 4. The van der Waals surface area contributed by atoms with Gasteiger partial charge in [0.1, 0.15) is 11.5 Å². The highest BCUT2D eigenvalue weighted by Crippen LogP contribution is 2.51. The lowest BCUT2D eigenvalue weighted by Crippen LogP contribution is -2.24. The van der Waals surface area contributed by atoms with Crippen molar-refractivity contribution in [2.75, 3.05) is 10.6 Å². The lowest BCUT2D eigenvalue weighted by atomic mass is 9.77. The summed E-state index contributed by atoms with van der Waals surface area (Å²) in [6.45, 7) is 6.68. The molecule has 2 fully saturated rings. The number of aryl methyl sites for hydroxylation is 1. The molecule has 0 aliphatic heterocycles. The fourth-order valence-electron chi connectivity index (χ4n) is 11.2. The van der Waals surface area contributed by atoms with Crippen molar-refractivity contribution in [3.63, 3.8) is 0 Å². The maximum Gasteiger partial charge on any atom is 0.200 e. The highest BCUT2D eigenvalue weighted by molar-refractivity contribution is 6.34. The van der Waals surface area contributed by atoms with Crippen LogP contribution in [0.4, 0.5) is 22.7 Å². The molecule has 0 aromatic heterocycles. The Morgan fingerprint density at radius 3 is 1.30 bits per heavy atom. The Bertz CT molecular complexity index is 2790. The molecule has 0 heterocycles. The number of aromatic hydroxyl groups is 2. The summed E-state index contributed by atoms with van der Waals surface area (Å²) in [7, 11) is 0. The van der Waals surface area contributed by atoms with Crippen LogP contribution >= 0.6 is 11.6 Å². The first-order chi connectivity index (χ1) is 34.6. The molecular weight excluding hydrogens is 904 g/mol. The third kappa shape index (κ3) is 11.4. The highest BCUT2D eigenvalue weighted by Gasteiger charge is 2.41. The van der Waals surface area contributed by atoms with E-state index in [-0.39, 0.29) is 45.1 Å². The number of phenolic OH excluding ortho intramolecular Hbond substituents is 2. The quantitative estimate of drug-likeness (QED) is 0.0592. The molecule has 2 saturated carbocycles. The van der Waals surface area contributed by atoms with Crippen LogP contribution in [-0.2, 0) is 6.42 Å². The number of ketones is 2. The number of nitrogens with one attached hydrogen (secondary N) is 2. The van der Waals surface area contributed by atoms with Crippen LogP contribution in [0.5, 0.6) is 34.5 Å². The smallest absolute Gasteiger partial charge is 0.200 e. The summed E-state index contributed by atoms with van der Waals surface area (Å²) in [6, 6.07) is 33.9. The van der Waals surface area contributed by atoms with Gasteiger partial charge in [0.15, 0.2) is 23.0 Å². The van der Waals surface area contributed by atoms with Gasteiger partial charge in [-0.15, -0.1) is 0 Å². The second-order valence-corrected chi connectivity index (χ2v) is 20.8. The molecule has 9 rings (SSSR count). The van der Waals surface area contributed by atoms with Crippen molar-refractivity contribution in [3.05, 3.63) is 153 Å². The third-order valence-corrected chi connectivity index (χ3v) is 15.6. The van der Waals surface area contributed by atoms with Crippen molar-refractivity contribution < 1.29 is 29.3 Å². The summed E-state index contributed by atoms with van der Waals surface area (Å²) in [5.41, 5.74) is 4.71. The van der Waals surface area contributed by atoms with Gasteiger partial charge < -0.3 is 30.3 Å². The first-order valence-corrected chi connectivity index (χ1v) is 26.8. The second-order valence-electron chi connectivity index (χ2n) is 20.3. The fraction of sp³-hybridized carbons (Fsp3) is 0.387. The van der Waals surface area contributed by atoms with Crippen molar-refractivity contribution in [1.29, 1.82) is 0 Å².